The number of benzene rings is 1. The lowest BCUT2D eigenvalue weighted by atomic mass is 9.91. The Morgan fingerprint density at radius 1 is 1.27 bits per heavy atom. The second kappa shape index (κ2) is 5.42. The molecule has 0 spiro atoms. The number of H-pyrrole nitrogens is 1. The number of thiophene rings is 1. The van der Waals surface area contributed by atoms with Gasteiger partial charge in [-0.15, -0.1) is 11.3 Å². The zero-order chi connectivity index (χ0) is 14.9. The van der Waals surface area contributed by atoms with Gasteiger partial charge in [-0.25, -0.2) is 0 Å². The van der Waals surface area contributed by atoms with Crippen LogP contribution in [0.25, 0.3) is 10.4 Å². The van der Waals surface area contributed by atoms with Crippen LogP contribution in [-0.4, -0.2) is 16.1 Å². The van der Waals surface area contributed by atoms with Gasteiger partial charge in [0.15, 0.2) is 0 Å². The van der Waals surface area contributed by atoms with Crippen LogP contribution >= 0.6 is 11.3 Å². The van der Waals surface area contributed by atoms with Crippen LogP contribution in [0.2, 0.25) is 0 Å². The van der Waals surface area contributed by atoms with Crippen LogP contribution in [0.15, 0.2) is 42.7 Å². The molecule has 2 heterocycles. The van der Waals surface area contributed by atoms with E-state index in [-0.39, 0.29) is 5.91 Å². The quantitative estimate of drug-likeness (QED) is 0.781. The van der Waals surface area contributed by atoms with Crippen molar-refractivity contribution < 1.29 is 4.79 Å². The standard InChI is InChI=1S/C17H15N3OS/c21-17(18-8-11-9-19-20-10-11)15-7-13-6-5-12-3-1-2-4-14(12)16(13)22-15/h1-4,7,9-10H,5-6,8H2,(H,18,21)(H,19,20). The Kier molecular flexibility index (Phi) is 3.27. The van der Waals surface area contributed by atoms with E-state index in [1.165, 1.54) is 21.6 Å². The maximum atomic E-state index is 12.3. The first-order chi connectivity index (χ1) is 10.8. The van der Waals surface area contributed by atoms with E-state index in [0.29, 0.717) is 6.54 Å². The van der Waals surface area contributed by atoms with Gasteiger partial charge in [0.05, 0.1) is 11.1 Å². The summed E-state index contributed by atoms with van der Waals surface area (Å²) in [6.45, 7) is 0.495. The zero-order valence-electron chi connectivity index (χ0n) is 11.9. The molecule has 0 unspecified atom stereocenters. The predicted molar refractivity (Wildman–Crippen MR) is 86.9 cm³/mol. The fourth-order valence-corrected chi connectivity index (χ4v) is 4.01. The lowest BCUT2D eigenvalue weighted by molar-refractivity contribution is 0.0955. The monoisotopic (exact) mass is 309 g/mol. The van der Waals surface area contributed by atoms with Gasteiger partial charge in [-0.1, -0.05) is 24.3 Å². The number of aryl methyl sites for hydroxylation is 2. The fraction of sp³-hybridized carbons (Fsp3) is 0.176. The second-order valence-electron chi connectivity index (χ2n) is 5.41. The summed E-state index contributed by atoms with van der Waals surface area (Å²) >= 11 is 1.59. The SMILES string of the molecule is O=C(NCc1cn[nH]c1)c1cc2c(s1)-c1ccccc1CC2. The Hall–Kier alpha value is -2.40. The van der Waals surface area contributed by atoms with Crippen molar-refractivity contribution >= 4 is 17.2 Å². The van der Waals surface area contributed by atoms with E-state index in [2.05, 4.69) is 39.8 Å². The van der Waals surface area contributed by atoms with Crippen molar-refractivity contribution in [2.75, 3.05) is 0 Å². The van der Waals surface area contributed by atoms with Crippen molar-refractivity contribution in [3.8, 4) is 10.4 Å². The molecule has 1 amide bonds. The van der Waals surface area contributed by atoms with Crippen molar-refractivity contribution in [1.82, 2.24) is 15.5 Å². The van der Waals surface area contributed by atoms with E-state index < -0.39 is 0 Å². The molecule has 1 aliphatic carbocycles. The van der Waals surface area contributed by atoms with Crippen LogP contribution in [0.4, 0.5) is 0 Å². The average molecular weight is 309 g/mol. The number of hydrogen-bond donors (Lipinski definition) is 2. The maximum Gasteiger partial charge on any atom is 0.261 e. The molecule has 2 aromatic heterocycles. The molecular formula is C17H15N3OS. The molecule has 0 fully saturated rings. The topological polar surface area (TPSA) is 57.8 Å². The molecule has 22 heavy (non-hydrogen) atoms. The highest BCUT2D eigenvalue weighted by molar-refractivity contribution is 7.17. The molecule has 0 bridgehead atoms. The third-order valence-corrected chi connectivity index (χ3v) is 5.18. The zero-order valence-corrected chi connectivity index (χ0v) is 12.7. The van der Waals surface area contributed by atoms with Gasteiger partial charge >= 0.3 is 0 Å². The lowest BCUT2D eigenvalue weighted by Crippen LogP contribution is -2.21. The number of fused-ring (bicyclic) bond motifs is 3. The van der Waals surface area contributed by atoms with Gasteiger partial charge in [-0.3, -0.25) is 9.89 Å². The van der Waals surface area contributed by atoms with Crippen LogP contribution < -0.4 is 5.32 Å². The molecule has 1 aliphatic rings. The van der Waals surface area contributed by atoms with Gasteiger partial charge in [0.1, 0.15) is 0 Å². The van der Waals surface area contributed by atoms with Gasteiger partial charge in [0.2, 0.25) is 0 Å². The summed E-state index contributed by atoms with van der Waals surface area (Å²) in [6.07, 6.45) is 5.57. The molecule has 5 heteroatoms. The van der Waals surface area contributed by atoms with Gasteiger partial charge in [0.25, 0.3) is 5.91 Å². The molecule has 0 radical (unpaired) electrons. The molecule has 0 saturated heterocycles. The first-order valence-electron chi connectivity index (χ1n) is 7.28. The Bertz CT molecular complexity index is 820. The van der Waals surface area contributed by atoms with E-state index in [4.69, 9.17) is 0 Å². The molecule has 0 atom stereocenters. The summed E-state index contributed by atoms with van der Waals surface area (Å²) in [7, 11) is 0. The van der Waals surface area contributed by atoms with Crippen LogP contribution in [0, 0.1) is 0 Å². The highest BCUT2D eigenvalue weighted by Gasteiger charge is 2.21. The number of carbonyl (C=O) groups excluding carboxylic acids is 1. The van der Waals surface area contributed by atoms with Crippen LogP contribution in [0.1, 0.15) is 26.4 Å². The first kappa shape index (κ1) is 13.3. The van der Waals surface area contributed by atoms with Gasteiger partial charge < -0.3 is 5.32 Å². The van der Waals surface area contributed by atoms with Crippen LogP contribution in [0.5, 0.6) is 0 Å². The lowest BCUT2D eigenvalue weighted by Gasteiger charge is -2.15. The van der Waals surface area contributed by atoms with E-state index >= 15 is 0 Å². The highest BCUT2D eigenvalue weighted by atomic mass is 32.1. The first-order valence-corrected chi connectivity index (χ1v) is 8.10. The molecule has 110 valence electrons. The minimum absolute atomic E-state index is 0.0157. The normalized spacial score (nSPS) is 12.5. The smallest absolute Gasteiger partial charge is 0.261 e. The summed E-state index contributed by atoms with van der Waals surface area (Å²) in [5.74, 6) is -0.0157. The molecule has 3 aromatic rings. The third-order valence-electron chi connectivity index (χ3n) is 3.97. The average Bonchev–Trinajstić information content (AvgIpc) is 3.21. The Balaban J connectivity index is 1.58. The van der Waals surface area contributed by atoms with Gasteiger partial charge in [-0.05, 0) is 35.6 Å². The number of aromatic amines is 1. The van der Waals surface area contributed by atoms with E-state index in [9.17, 15) is 4.79 Å². The van der Waals surface area contributed by atoms with Crippen molar-refractivity contribution in [3.63, 3.8) is 0 Å². The Labute approximate surface area is 132 Å². The molecule has 4 nitrogen and oxygen atoms in total. The molecule has 0 saturated carbocycles. The van der Waals surface area contributed by atoms with Gasteiger partial charge in [0, 0.05) is 23.2 Å². The van der Waals surface area contributed by atoms with Crippen molar-refractivity contribution in [1.29, 1.82) is 0 Å². The van der Waals surface area contributed by atoms with Crippen molar-refractivity contribution in [2.24, 2.45) is 0 Å². The second-order valence-corrected chi connectivity index (χ2v) is 6.46. The maximum absolute atomic E-state index is 12.3. The number of amides is 1. The Morgan fingerprint density at radius 2 is 2.14 bits per heavy atom. The molecule has 4 rings (SSSR count). The fourth-order valence-electron chi connectivity index (χ4n) is 2.83. The van der Waals surface area contributed by atoms with Crippen LogP contribution in [-0.2, 0) is 19.4 Å². The molecular weight excluding hydrogens is 294 g/mol. The molecule has 2 N–H and O–H groups in total. The summed E-state index contributed by atoms with van der Waals surface area (Å²) in [5.41, 5.74) is 4.92. The highest BCUT2D eigenvalue weighted by Crippen LogP contribution is 2.39. The Morgan fingerprint density at radius 3 is 3.00 bits per heavy atom. The van der Waals surface area contributed by atoms with Gasteiger partial charge in [-0.2, -0.15) is 5.10 Å². The van der Waals surface area contributed by atoms with Crippen LogP contribution in [0.3, 0.4) is 0 Å². The number of carbonyl (C=O) groups is 1. The summed E-state index contributed by atoms with van der Waals surface area (Å²) < 4.78 is 0. The molecule has 1 aromatic carbocycles. The number of aromatic nitrogens is 2. The largest absolute Gasteiger partial charge is 0.347 e. The summed E-state index contributed by atoms with van der Waals surface area (Å²) in [5, 5.41) is 9.57. The van der Waals surface area contributed by atoms with E-state index in [1.807, 2.05) is 6.07 Å². The molecule has 0 aliphatic heterocycles. The number of nitrogens with zero attached hydrogens (tertiary/aromatic N) is 1. The minimum atomic E-state index is -0.0157. The summed E-state index contributed by atoms with van der Waals surface area (Å²) in [4.78, 5) is 14.4. The van der Waals surface area contributed by atoms with E-state index in [1.54, 1.807) is 23.7 Å². The van der Waals surface area contributed by atoms with Crippen molar-refractivity contribution in [3.05, 3.63) is 64.3 Å². The number of nitrogens with one attached hydrogen (secondary N) is 2. The third kappa shape index (κ3) is 2.33. The van der Waals surface area contributed by atoms with E-state index in [0.717, 1.165) is 23.3 Å². The van der Waals surface area contributed by atoms with Crippen molar-refractivity contribution in [2.45, 2.75) is 19.4 Å². The predicted octanol–water partition coefficient (Wildman–Crippen LogP) is 3.17. The number of hydrogen-bond acceptors (Lipinski definition) is 3. The minimum Gasteiger partial charge on any atom is -0.347 e. The number of rotatable bonds is 3. The summed E-state index contributed by atoms with van der Waals surface area (Å²) in [6, 6.07) is 10.5.